The second-order valence-corrected chi connectivity index (χ2v) is 8.12. The van der Waals surface area contributed by atoms with Crippen LogP contribution in [-0.4, -0.2) is 38.0 Å². The zero-order valence-corrected chi connectivity index (χ0v) is 19.6. The minimum Gasteiger partial charge on any atom is -0.464 e. The lowest BCUT2D eigenvalue weighted by Gasteiger charge is -2.10. The quantitative estimate of drug-likeness (QED) is 0.247. The van der Waals surface area contributed by atoms with E-state index in [4.69, 9.17) is 4.74 Å². The van der Waals surface area contributed by atoms with Crippen LogP contribution >= 0.6 is 15.9 Å². The van der Waals surface area contributed by atoms with Crippen molar-refractivity contribution in [3.05, 3.63) is 84.1 Å². The normalized spacial score (nSPS) is 11.0. The first-order valence-electron chi connectivity index (χ1n) is 10.4. The maximum atomic E-state index is 12.3. The third-order valence-corrected chi connectivity index (χ3v) is 5.21. The molecule has 4 rings (SSSR count). The van der Waals surface area contributed by atoms with Crippen LogP contribution in [0.1, 0.15) is 6.42 Å². The minimum absolute atomic E-state index is 0.00358. The van der Waals surface area contributed by atoms with E-state index in [0.29, 0.717) is 18.1 Å². The fourth-order valence-corrected chi connectivity index (χ4v) is 3.53. The minimum atomic E-state index is -0.407. The number of anilines is 3. The van der Waals surface area contributed by atoms with Crippen molar-refractivity contribution in [3.63, 3.8) is 0 Å². The Kier molecular flexibility index (Phi) is 7.61. The van der Waals surface area contributed by atoms with Crippen molar-refractivity contribution in [2.45, 2.75) is 13.0 Å². The van der Waals surface area contributed by atoms with Crippen LogP contribution in [0.25, 0.3) is 10.9 Å². The van der Waals surface area contributed by atoms with E-state index in [2.05, 4.69) is 41.5 Å². The fourth-order valence-electron chi connectivity index (χ4n) is 3.13. The molecule has 0 saturated heterocycles. The molecule has 0 atom stereocenters. The van der Waals surface area contributed by atoms with Gasteiger partial charge in [-0.25, -0.2) is 15.0 Å². The number of hydrogen-bond acceptors (Lipinski definition) is 7. The summed E-state index contributed by atoms with van der Waals surface area (Å²) in [4.78, 5) is 36.7. The number of rotatable bonds is 9. The van der Waals surface area contributed by atoms with E-state index < -0.39 is 5.97 Å². The zero-order chi connectivity index (χ0) is 23.8. The molecule has 2 N–H and O–H groups in total. The molecular formula is C24H21BrN6O3. The first kappa shape index (κ1) is 23.1. The number of amides is 1. The zero-order valence-electron chi connectivity index (χ0n) is 18.0. The third-order valence-electron chi connectivity index (χ3n) is 4.72. The third kappa shape index (κ3) is 6.48. The summed E-state index contributed by atoms with van der Waals surface area (Å²) in [6.45, 7) is 0.769. The number of carbonyl (C=O) groups is 2. The number of nitrogens with zero attached hydrogens (tertiary/aromatic N) is 4. The number of carbonyl (C=O) groups excluding carboxylic acids is 2. The summed E-state index contributed by atoms with van der Waals surface area (Å²) in [6.07, 6.45) is 9.36. The van der Waals surface area contributed by atoms with Crippen molar-refractivity contribution in [3.8, 4) is 0 Å². The van der Waals surface area contributed by atoms with E-state index in [-0.39, 0.29) is 18.9 Å². The van der Waals surface area contributed by atoms with Crippen LogP contribution in [0.5, 0.6) is 0 Å². The molecule has 0 bridgehead atoms. The van der Waals surface area contributed by atoms with Crippen LogP contribution < -0.4 is 10.6 Å². The molecule has 1 amide bonds. The van der Waals surface area contributed by atoms with Crippen molar-refractivity contribution in [1.82, 2.24) is 19.5 Å². The van der Waals surface area contributed by atoms with Gasteiger partial charge in [0.15, 0.2) is 0 Å². The SMILES string of the molecule is O=C(C=CCC(=O)OCCn1ccnc1)Nc1ccc2ncnc(Nc3cccc(Br)c3)c2c1. The number of nitrogens with one attached hydrogen (secondary N) is 2. The van der Waals surface area contributed by atoms with Crippen LogP contribution in [0.3, 0.4) is 0 Å². The fraction of sp³-hybridized carbons (Fsp3) is 0.125. The Morgan fingerprint density at radius 2 is 2.03 bits per heavy atom. The molecular weight excluding hydrogens is 500 g/mol. The first-order valence-corrected chi connectivity index (χ1v) is 11.2. The first-order chi connectivity index (χ1) is 16.6. The molecule has 0 saturated carbocycles. The summed E-state index contributed by atoms with van der Waals surface area (Å²) in [5.74, 6) is -0.146. The molecule has 0 aliphatic heterocycles. The van der Waals surface area contributed by atoms with E-state index in [1.165, 1.54) is 18.5 Å². The molecule has 0 radical (unpaired) electrons. The average molecular weight is 521 g/mol. The molecule has 172 valence electrons. The molecule has 2 heterocycles. The predicted octanol–water partition coefficient (Wildman–Crippen LogP) is 4.46. The van der Waals surface area contributed by atoms with Gasteiger partial charge in [0.25, 0.3) is 0 Å². The maximum absolute atomic E-state index is 12.3. The van der Waals surface area contributed by atoms with Gasteiger partial charge in [-0.1, -0.05) is 28.1 Å². The van der Waals surface area contributed by atoms with Gasteiger partial charge < -0.3 is 19.9 Å². The van der Waals surface area contributed by atoms with Crippen molar-refractivity contribution < 1.29 is 14.3 Å². The van der Waals surface area contributed by atoms with Gasteiger partial charge in [0.2, 0.25) is 5.91 Å². The molecule has 9 nitrogen and oxygen atoms in total. The highest BCUT2D eigenvalue weighted by atomic mass is 79.9. The van der Waals surface area contributed by atoms with Gasteiger partial charge in [0, 0.05) is 33.6 Å². The van der Waals surface area contributed by atoms with Crippen LogP contribution in [0.2, 0.25) is 0 Å². The lowest BCUT2D eigenvalue weighted by Crippen LogP contribution is -2.10. The van der Waals surface area contributed by atoms with Crippen LogP contribution in [0.4, 0.5) is 17.2 Å². The highest BCUT2D eigenvalue weighted by Gasteiger charge is 2.07. The van der Waals surface area contributed by atoms with Gasteiger partial charge in [-0.3, -0.25) is 9.59 Å². The second-order valence-electron chi connectivity index (χ2n) is 7.21. The summed E-state index contributed by atoms with van der Waals surface area (Å²) in [5, 5.41) is 6.82. The number of benzene rings is 2. The largest absolute Gasteiger partial charge is 0.464 e. The maximum Gasteiger partial charge on any atom is 0.309 e. The Hall–Kier alpha value is -4.05. The highest BCUT2D eigenvalue weighted by Crippen LogP contribution is 2.26. The molecule has 2 aromatic carbocycles. The average Bonchev–Trinajstić information content (AvgIpc) is 3.33. The Morgan fingerprint density at radius 1 is 1.12 bits per heavy atom. The summed E-state index contributed by atoms with van der Waals surface area (Å²) >= 11 is 3.45. The van der Waals surface area contributed by atoms with Gasteiger partial charge in [-0.15, -0.1) is 0 Å². The summed E-state index contributed by atoms with van der Waals surface area (Å²) in [5.41, 5.74) is 2.18. The van der Waals surface area contributed by atoms with Gasteiger partial charge in [-0.2, -0.15) is 0 Å². The molecule has 0 fully saturated rings. The van der Waals surface area contributed by atoms with E-state index in [1.54, 1.807) is 36.9 Å². The van der Waals surface area contributed by atoms with Crippen molar-refractivity contribution in [1.29, 1.82) is 0 Å². The Balaban J connectivity index is 1.34. The summed E-state index contributed by atoms with van der Waals surface area (Å²) in [7, 11) is 0. The van der Waals surface area contributed by atoms with Crippen molar-refractivity contribution in [2.24, 2.45) is 0 Å². The molecule has 10 heteroatoms. The number of imidazole rings is 1. The van der Waals surface area contributed by atoms with E-state index >= 15 is 0 Å². The number of ether oxygens (including phenoxy) is 1. The summed E-state index contributed by atoms with van der Waals surface area (Å²) in [6, 6.07) is 13.1. The van der Waals surface area contributed by atoms with Gasteiger partial charge in [-0.05, 0) is 42.5 Å². The van der Waals surface area contributed by atoms with Crippen LogP contribution in [0.15, 0.2) is 84.1 Å². The standard InChI is InChI=1S/C24H21BrN6O3/c25-17-3-1-4-18(13-17)30-24-20-14-19(7-8-21(20)27-15-28-24)29-22(32)5-2-6-23(33)34-12-11-31-10-9-26-16-31/h1-5,7-10,13-16H,6,11-12H2,(H,29,32)(H,27,28,30). The smallest absolute Gasteiger partial charge is 0.309 e. The molecule has 34 heavy (non-hydrogen) atoms. The Morgan fingerprint density at radius 3 is 2.85 bits per heavy atom. The number of fused-ring (bicyclic) bond motifs is 1. The molecule has 0 aliphatic carbocycles. The molecule has 0 spiro atoms. The Bertz CT molecular complexity index is 1320. The van der Waals surface area contributed by atoms with E-state index in [9.17, 15) is 9.59 Å². The topological polar surface area (TPSA) is 111 Å². The van der Waals surface area contributed by atoms with Crippen molar-refractivity contribution >= 4 is 55.9 Å². The number of esters is 1. The van der Waals surface area contributed by atoms with Crippen LogP contribution in [0, 0.1) is 0 Å². The lowest BCUT2D eigenvalue weighted by molar-refractivity contribution is -0.142. The molecule has 0 unspecified atom stereocenters. The molecule has 2 aromatic heterocycles. The second kappa shape index (κ2) is 11.2. The molecule has 0 aliphatic rings. The van der Waals surface area contributed by atoms with Gasteiger partial charge >= 0.3 is 5.97 Å². The number of hydrogen-bond donors (Lipinski definition) is 2. The van der Waals surface area contributed by atoms with E-state index in [0.717, 1.165) is 21.1 Å². The predicted molar refractivity (Wildman–Crippen MR) is 133 cm³/mol. The molecule has 4 aromatic rings. The van der Waals surface area contributed by atoms with Gasteiger partial charge in [0.1, 0.15) is 18.8 Å². The summed E-state index contributed by atoms with van der Waals surface area (Å²) < 4.78 is 7.89. The highest BCUT2D eigenvalue weighted by molar-refractivity contribution is 9.10. The lowest BCUT2D eigenvalue weighted by atomic mass is 10.2. The monoisotopic (exact) mass is 520 g/mol. The van der Waals surface area contributed by atoms with E-state index in [1.807, 2.05) is 28.8 Å². The Labute approximate surface area is 204 Å². The van der Waals surface area contributed by atoms with Crippen molar-refractivity contribution in [2.75, 3.05) is 17.2 Å². The number of aromatic nitrogens is 4. The van der Waals surface area contributed by atoms with Gasteiger partial charge in [0.05, 0.1) is 24.8 Å². The number of halogens is 1. The van der Waals surface area contributed by atoms with Crippen LogP contribution in [-0.2, 0) is 20.9 Å².